The topological polar surface area (TPSA) is 43.1 Å². The maximum atomic E-state index is 13.8. The van der Waals surface area contributed by atoms with Gasteiger partial charge in [0.25, 0.3) is 0 Å². The molecule has 3 aromatic heterocycles. The summed E-state index contributed by atoms with van der Waals surface area (Å²) in [5.41, 5.74) is 6.00. The van der Waals surface area contributed by atoms with Gasteiger partial charge >= 0.3 is 0 Å². The zero-order valence-corrected chi connectivity index (χ0v) is 13.4. The molecule has 0 atom stereocenters. The van der Waals surface area contributed by atoms with Crippen LogP contribution in [0, 0.1) is 19.7 Å². The fourth-order valence-electron chi connectivity index (χ4n) is 2.87. The lowest BCUT2D eigenvalue weighted by molar-refractivity contribution is 0.617. The van der Waals surface area contributed by atoms with E-state index in [1.165, 1.54) is 6.33 Å². The van der Waals surface area contributed by atoms with Gasteiger partial charge in [-0.15, -0.1) is 0 Å². The van der Waals surface area contributed by atoms with Crippen molar-refractivity contribution in [3.05, 3.63) is 72.1 Å². The average molecular weight is 318 g/mol. The van der Waals surface area contributed by atoms with Crippen LogP contribution in [0.5, 0.6) is 0 Å². The number of benzene rings is 1. The van der Waals surface area contributed by atoms with Crippen LogP contribution in [0.25, 0.3) is 28.0 Å². The Bertz CT molecular complexity index is 1050. The smallest absolute Gasteiger partial charge is 0.155 e. The van der Waals surface area contributed by atoms with Crippen molar-refractivity contribution in [2.45, 2.75) is 13.8 Å². The maximum absolute atomic E-state index is 13.8. The van der Waals surface area contributed by atoms with E-state index in [1.54, 1.807) is 23.7 Å². The molecule has 0 unspecified atom stereocenters. The van der Waals surface area contributed by atoms with Crippen LogP contribution in [-0.4, -0.2) is 19.6 Å². The van der Waals surface area contributed by atoms with Crippen molar-refractivity contribution in [2.75, 3.05) is 0 Å². The lowest BCUT2D eigenvalue weighted by Crippen LogP contribution is -1.95. The minimum absolute atomic E-state index is 0.196. The molecule has 24 heavy (non-hydrogen) atoms. The molecule has 0 spiro atoms. The summed E-state index contributed by atoms with van der Waals surface area (Å²) < 4.78 is 15.5. The van der Waals surface area contributed by atoms with E-state index in [1.807, 2.05) is 43.5 Å². The van der Waals surface area contributed by atoms with Crippen molar-refractivity contribution in [3.63, 3.8) is 0 Å². The summed E-state index contributed by atoms with van der Waals surface area (Å²) in [4.78, 5) is 8.79. The molecule has 0 N–H and O–H groups in total. The van der Waals surface area contributed by atoms with Gasteiger partial charge in [-0.25, -0.2) is 13.9 Å². The molecule has 0 radical (unpaired) electrons. The largest absolute Gasteiger partial charge is 0.256 e. The first-order valence-electron chi connectivity index (χ1n) is 7.65. The number of nitrogens with zero attached hydrogens (tertiary/aromatic N) is 4. The molecule has 0 saturated heterocycles. The Kier molecular flexibility index (Phi) is 3.34. The van der Waals surface area contributed by atoms with Crippen molar-refractivity contribution in [3.8, 4) is 22.4 Å². The molecule has 4 aromatic rings. The van der Waals surface area contributed by atoms with E-state index in [0.717, 1.165) is 33.6 Å². The minimum atomic E-state index is -0.196. The highest BCUT2D eigenvalue weighted by atomic mass is 19.1. The number of hydrogen-bond donors (Lipinski definition) is 0. The Balaban J connectivity index is 1.94. The lowest BCUT2D eigenvalue weighted by Gasteiger charge is -2.12. The molecule has 4 nitrogen and oxygen atoms in total. The van der Waals surface area contributed by atoms with E-state index in [-0.39, 0.29) is 5.82 Å². The number of fused-ring (bicyclic) bond motifs is 1. The van der Waals surface area contributed by atoms with Crippen LogP contribution in [-0.2, 0) is 0 Å². The highest BCUT2D eigenvalue weighted by molar-refractivity contribution is 5.83. The SMILES string of the molecule is Cc1cc(-c2ncccc2-c2ccn3ncnc3c2)c(C)cc1F. The molecule has 0 bridgehead atoms. The molecule has 0 aliphatic heterocycles. The number of pyridine rings is 2. The van der Waals surface area contributed by atoms with Gasteiger partial charge in [-0.2, -0.15) is 5.10 Å². The molecule has 5 heteroatoms. The van der Waals surface area contributed by atoms with Crippen LogP contribution in [0.15, 0.2) is 55.1 Å². The highest BCUT2D eigenvalue weighted by Crippen LogP contribution is 2.33. The van der Waals surface area contributed by atoms with Crippen LogP contribution in [0.4, 0.5) is 4.39 Å². The molecule has 1 aromatic carbocycles. The maximum Gasteiger partial charge on any atom is 0.155 e. The van der Waals surface area contributed by atoms with Crippen molar-refractivity contribution in [1.29, 1.82) is 0 Å². The molecule has 118 valence electrons. The van der Waals surface area contributed by atoms with Crippen LogP contribution >= 0.6 is 0 Å². The minimum Gasteiger partial charge on any atom is -0.256 e. The van der Waals surface area contributed by atoms with Gasteiger partial charge in [-0.3, -0.25) is 4.98 Å². The number of halogens is 1. The fraction of sp³-hybridized carbons (Fsp3) is 0.105. The van der Waals surface area contributed by atoms with E-state index in [0.29, 0.717) is 5.56 Å². The third kappa shape index (κ3) is 2.34. The van der Waals surface area contributed by atoms with E-state index >= 15 is 0 Å². The quantitative estimate of drug-likeness (QED) is 0.556. The molecule has 0 fully saturated rings. The first-order chi connectivity index (χ1) is 11.6. The number of aromatic nitrogens is 4. The summed E-state index contributed by atoms with van der Waals surface area (Å²) in [5.74, 6) is -0.196. The van der Waals surface area contributed by atoms with Crippen molar-refractivity contribution in [1.82, 2.24) is 19.6 Å². The normalized spacial score (nSPS) is 11.1. The van der Waals surface area contributed by atoms with E-state index < -0.39 is 0 Å². The van der Waals surface area contributed by atoms with Gasteiger partial charge in [-0.1, -0.05) is 6.07 Å². The average Bonchev–Trinajstić information content (AvgIpc) is 3.06. The Morgan fingerprint density at radius 3 is 2.71 bits per heavy atom. The van der Waals surface area contributed by atoms with Crippen LogP contribution in [0.2, 0.25) is 0 Å². The Morgan fingerprint density at radius 2 is 1.83 bits per heavy atom. The standard InChI is InChI=1S/C19H15FN4/c1-12-9-17(20)13(2)8-16(12)19-15(4-3-6-21-19)14-5-7-24-18(10-14)22-11-23-24/h3-11H,1-2H3. The second kappa shape index (κ2) is 5.53. The third-order valence-corrected chi connectivity index (χ3v) is 4.16. The van der Waals surface area contributed by atoms with Gasteiger partial charge in [0.1, 0.15) is 12.1 Å². The monoisotopic (exact) mass is 318 g/mol. The number of rotatable bonds is 2. The zero-order valence-electron chi connectivity index (χ0n) is 13.4. The Morgan fingerprint density at radius 1 is 0.958 bits per heavy atom. The van der Waals surface area contributed by atoms with Crippen LogP contribution < -0.4 is 0 Å². The molecule has 3 heterocycles. The predicted octanol–water partition coefficient (Wildman–Crippen LogP) is 4.21. The summed E-state index contributed by atoms with van der Waals surface area (Å²) in [6.45, 7) is 3.67. The Labute approximate surface area is 138 Å². The molecular weight excluding hydrogens is 303 g/mol. The zero-order chi connectivity index (χ0) is 16.7. The number of aryl methyl sites for hydroxylation is 2. The summed E-state index contributed by atoms with van der Waals surface area (Å²) in [6.07, 6.45) is 5.15. The van der Waals surface area contributed by atoms with Crippen molar-refractivity contribution >= 4 is 5.65 Å². The van der Waals surface area contributed by atoms with E-state index in [2.05, 4.69) is 15.1 Å². The van der Waals surface area contributed by atoms with Gasteiger partial charge < -0.3 is 0 Å². The number of hydrogen-bond acceptors (Lipinski definition) is 3. The molecule has 0 aliphatic carbocycles. The van der Waals surface area contributed by atoms with Gasteiger partial charge in [0.05, 0.1) is 5.69 Å². The van der Waals surface area contributed by atoms with Crippen LogP contribution in [0.3, 0.4) is 0 Å². The van der Waals surface area contributed by atoms with E-state index in [4.69, 9.17) is 0 Å². The molecule has 0 amide bonds. The van der Waals surface area contributed by atoms with Gasteiger partial charge in [0, 0.05) is 23.5 Å². The second-order valence-corrected chi connectivity index (χ2v) is 5.79. The lowest BCUT2D eigenvalue weighted by atomic mass is 9.95. The fourth-order valence-corrected chi connectivity index (χ4v) is 2.87. The van der Waals surface area contributed by atoms with Crippen molar-refractivity contribution < 1.29 is 4.39 Å². The first kappa shape index (κ1) is 14.5. The van der Waals surface area contributed by atoms with Gasteiger partial charge in [-0.05, 0) is 60.9 Å². The molecule has 0 aliphatic rings. The van der Waals surface area contributed by atoms with E-state index in [9.17, 15) is 4.39 Å². The second-order valence-electron chi connectivity index (χ2n) is 5.79. The Hall–Kier alpha value is -3.08. The highest BCUT2D eigenvalue weighted by Gasteiger charge is 2.13. The summed E-state index contributed by atoms with van der Waals surface area (Å²) >= 11 is 0. The molecule has 4 rings (SSSR count). The predicted molar refractivity (Wildman–Crippen MR) is 91.1 cm³/mol. The summed E-state index contributed by atoms with van der Waals surface area (Å²) in [6, 6.07) is 11.3. The molecule has 0 saturated carbocycles. The van der Waals surface area contributed by atoms with Crippen molar-refractivity contribution in [2.24, 2.45) is 0 Å². The summed E-state index contributed by atoms with van der Waals surface area (Å²) in [5, 5.41) is 4.12. The van der Waals surface area contributed by atoms with Crippen LogP contribution in [0.1, 0.15) is 11.1 Å². The first-order valence-corrected chi connectivity index (χ1v) is 7.65. The molecular formula is C19H15FN4. The van der Waals surface area contributed by atoms with Gasteiger partial charge in [0.15, 0.2) is 5.65 Å². The third-order valence-electron chi connectivity index (χ3n) is 4.16. The van der Waals surface area contributed by atoms with Gasteiger partial charge in [0.2, 0.25) is 0 Å². The summed E-state index contributed by atoms with van der Waals surface area (Å²) in [7, 11) is 0.